The van der Waals surface area contributed by atoms with E-state index in [2.05, 4.69) is 5.32 Å². The Labute approximate surface area is 113 Å². The lowest BCUT2D eigenvalue weighted by Gasteiger charge is -2.17. The van der Waals surface area contributed by atoms with Gasteiger partial charge in [0.05, 0.1) is 0 Å². The molecule has 0 aromatic heterocycles. The second kappa shape index (κ2) is 7.74. The van der Waals surface area contributed by atoms with Crippen molar-refractivity contribution in [3.05, 3.63) is 29.6 Å². The van der Waals surface area contributed by atoms with Gasteiger partial charge < -0.3 is 15.8 Å². The fourth-order valence-electron chi connectivity index (χ4n) is 1.62. The van der Waals surface area contributed by atoms with Crippen LogP contribution >= 0.6 is 0 Å². The minimum atomic E-state index is -0.677. The molecule has 4 nitrogen and oxygen atoms in total. The number of benzene rings is 1. The first-order chi connectivity index (χ1) is 9.10. The molecule has 0 aliphatic rings. The molecular weight excluding hydrogens is 247 g/mol. The molecule has 0 fully saturated rings. The van der Waals surface area contributed by atoms with E-state index in [-0.39, 0.29) is 18.0 Å². The Morgan fingerprint density at radius 2 is 2.26 bits per heavy atom. The molecule has 1 unspecified atom stereocenters. The number of amides is 1. The maximum Gasteiger partial charge on any atom is 0.260 e. The highest BCUT2D eigenvalue weighted by Crippen LogP contribution is 2.22. The van der Waals surface area contributed by atoms with Gasteiger partial charge in [-0.1, -0.05) is 19.4 Å². The van der Waals surface area contributed by atoms with Gasteiger partial charge in [-0.25, -0.2) is 4.39 Å². The van der Waals surface area contributed by atoms with Crippen molar-refractivity contribution >= 4 is 5.91 Å². The number of hydrogen-bond donors (Lipinski definition) is 2. The fraction of sp³-hybridized carbons (Fsp3) is 0.500. The molecule has 0 saturated carbocycles. The van der Waals surface area contributed by atoms with E-state index in [0.29, 0.717) is 12.3 Å². The molecule has 1 aromatic carbocycles. The lowest BCUT2D eigenvalue weighted by Crippen LogP contribution is -2.37. The normalized spacial score (nSPS) is 12.0. The number of carbonyl (C=O) groups excluding carboxylic acids is 1. The van der Waals surface area contributed by atoms with Crippen LogP contribution in [-0.4, -0.2) is 18.6 Å². The monoisotopic (exact) mass is 268 g/mol. The lowest BCUT2D eigenvalue weighted by molar-refractivity contribution is -0.127. The van der Waals surface area contributed by atoms with Crippen LogP contribution in [0.1, 0.15) is 32.3 Å². The van der Waals surface area contributed by atoms with E-state index in [1.165, 1.54) is 12.1 Å². The first-order valence-electron chi connectivity index (χ1n) is 6.52. The molecule has 19 heavy (non-hydrogen) atoms. The minimum absolute atomic E-state index is 0.0339. The molecule has 1 aromatic rings. The summed E-state index contributed by atoms with van der Waals surface area (Å²) < 4.78 is 19.0. The molecular formula is C14H21FN2O2. The maximum absolute atomic E-state index is 13.5. The van der Waals surface area contributed by atoms with E-state index in [0.717, 1.165) is 12.8 Å². The van der Waals surface area contributed by atoms with Crippen LogP contribution in [0.2, 0.25) is 0 Å². The first kappa shape index (κ1) is 15.4. The van der Waals surface area contributed by atoms with Crippen molar-refractivity contribution in [3.63, 3.8) is 0 Å². The number of halogens is 1. The van der Waals surface area contributed by atoms with Gasteiger partial charge in [0.25, 0.3) is 5.91 Å². The average Bonchev–Trinajstić information content (AvgIpc) is 2.39. The molecule has 1 amide bonds. The Kier molecular flexibility index (Phi) is 6.29. The third-order valence-electron chi connectivity index (χ3n) is 2.78. The summed E-state index contributed by atoms with van der Waals surface area (Å²) in [4.78, 5) is 11.7. The molecule has 0 saturated heterocycles. The van der Waals surface area contributed by atoms with Gasteiger partial charge in [-0.15, -0.1) is 0 Å². The number of unbranched alkanes of at least 4 members (excludes halogenated alkanes) is 1. The highest BCUT2D eigenvalue weighted by atomic mass is 19.1. The van der Waals surface area contributed by atoms with Crippen molar-refractivity contribution in [2.45, 2.75) is 39.3 Å². The van der Waals surface area contributed by atoms with Crippen LogP contribution in [-0.2, 0) is 11.3 Å². The zero-order valence-corrected chi connectivity index (χ0v) is 11.4. The van der Waals surface area contributed by atoms with Crippen LogP contribution < -0.4 is 15.8 Å². The summed E-state index contributed by atoms with van der Waals surface area (Å²) in [5.41, 5.74) is 5.77. The number of carbonyl (C=O) groups is 1. The number of nitrogens with two attached hydrogens (primary N) is 1. The molecule has 0 aliphatic carbocycles. The van der Waals surface area contributed by atoms with Crippen LogP contribution in [0.3, 0.4) is 0 Å². The van der Waals surface area contributed by atoms with Crippen molar-refractivity contribution in [2.24, 2.45) is 5.73 Å². The second-order valence-electron chi connectivity index (χ2n) is 4.33. The van der Waals surface area contributed by atoms with E-state index < -0.39 is 11.9 Å². The summed E-state index contributed by atoms with van der Waals surface area (Å²) >= 11 is 0. The zero-order valence-electron chi connectivity index (χ0n) is 11.4. The van der Waals surface area contributed by atoms with Gasteiger partial charge >= 0.3 is 0 Å². The third-order valence-corrected chi connectivity index (χ3v) is 2.78. The van der Waals surface area contributed by atoms with Crippen LogP contribution in [0, 0.1) is 5.82 Å². The molecule has 0 heterocycles. The van der Waals surface area contributed by atoms with Gasteiger partial charge in [-0.05, 0) is 25.5 Å². The summed E-state index contributed by atoms with van der Waals surface area (Å²) in [6.45, 7) is 4.33. The predicted octanol–water partition coefficient (Wildman–Crippen LogP) is 1.97. The van der Waals surface area contributed by atoms with Gasteiger partial charge in [0.2, 0.25) is 0 Å². The Morgan fingerprint density at radius 1 is 1.53 bits per heavy atom. The number of rotatable bonds is 7. The first-order valence-corrected chi connectivity index (χ1v) is 6.52. The molecule has 1 atom stereocenters. The van der Waals surface area contributed by atoms with E-state index >= 15 is 0 Å². The molecule has 5 heteroatoms. The summed E-state index contributed by atoms with van der Waals surface area (Å²) in [6.07, 6.45) is 1.26. The van der Waals surface area contributed by atoms with E-state index in [9.17, 15) is 9.18 Å². The maximum atomic E-state index is 13.5. The SMILES string of the molecule is CCCCNC(=O)C(C)Oc1cccc(F)c1CN. The predicted molar refractivity (Wildman–Crippen MR) is 72.3 cm³/mol. The van der Waals surface area contributed by atoms with Gasteiger partial charge in [-0.2, -0.15) is 0 Å². The Bertz CT molecular complexity index is 424. The largest absolute Gasteiger partial charge is 0.480 e. The van der Waals surface area contributed by atoms with Crippen molar-refractivity contribution in [3.8, 4) is 5.75 Å². The Hall–Kier alpha value is -1.62. The molecule has 0 spiro atoms. The summed E-state index contributed by atoms with van der Waals surface area (Å²) in [5.74, 6) is -0.306. The van der Waals surface area contributed by atoms with Gasteiger partial charge in [0, 0.05) is 18.7 Å². The molecule has 3 N–H and O–H groups in total. The van der Waals surface area contributed by atoms with E-state index in [4.69, 9.17) is 10.5 Å². The van der Waals surface area contributed by atoms with Crippen LogP contribution in [0.25, 0.3) is 0 Å². The second-order valence-corrected chi connectivity index (χ2v) is 4.33. The molecule has 0 radical (unpaired) electrons. The van der Waals surface area contributed by atoms with Crippen molar-refractivity contribution in [1.29, 1.82) is 0 Å². The number of hydrogen-bond acceptors (Lipinski definition) is 3. The van der Waals surface area contributed by atoms with Crippen molar-refractivity contribution < 1.29 is 13.9 Å². The highest BCUT2D eigenvalue weighted by Gasteiger charge is 2.16. The standard InChI is InChI=1S/C14H21FN2O2/c1-3-4-8-17-14(18)10(2)19-13-7-5-6-12(15)11(13)9-16/h5-7,10H,3-4,8-9,16H2,1-2H3,(H,17,18). The Balaban J connectivity index is 2.63. The van der Waals surface area contributed by atoms with Crippen molar-refractivity contribution in [2.75, 3.05) is 6.54 Å². The topological polar surface area (TPSA) is 64.3 Å². The number of ether oxygens (including phenoxy) is 1. The summed E-state index contributed by atoms with van der Waals surface area (Å²) in [6, 6.07) is 4.47. The minimum Gasteiger partial charge on any atom is -0.480 e. The third kappa shape index (κ3) is 4.52. The van der Waals surface area contributed by atoms with Gasteiger partial charge in [-0.3, -0.25) is 4.79 Å². The Morgan fingerprint density at radius 3 is 2.89 bits per heavy atom. The van der Waals surface area contributed by atoms with Crippen LogP contribution in [0.5, 0.6) is 5.75 Å². The molecule has 106 valence electrons. The quantitative estimate of drug-likeness (QED) is 0.743. The summed E-state index contributed by atoms with van der Waals surface area (Å²) in [7, 11) is 0. The fourth-order valence-corrected chi connectivity index (χ4v) is 1.62. The molecule has 0 aliphatic heterocycles. The summed E-state index contributed by atoms with van der Waals surface area (Å²) in [5, 5.41) is 2.77. The smallest absolute Gasteiger partial charge is 0.260 e. The molecule has 0 bridgehead atoms. The van der Waals surface area contributed by atoms with E-state index in [1.807, 2.05) is 6.92 Å². The van der Waals surface area contributed by atoms with Gasteiger partial charge in [0.15, 0.2) is 6.10 Å². The van der Waals surface area contributed by atoms with Crippen LogP contribution in [0.4, 0.5) is 4.39 Å². The number of nitrogens with one attached hydrogen (secondary N) is 1. The van der Waals surface area contributed by atoms with E-state index in [1.54, 1.807) is 13.0 Å². The van der Waals surface area contributed by atoms with Gasteiger partial charge in [0.1, 0.15) is 11.6 Å². The van der Waals surface area contributed by atoms with Crippen LogP contribution in [0.15, 0.2) is 18.2 Å². The van der Waals surface area contributed by atoms with Crippen molar-refractivity contribution in [1.82, 2.24) is 5.32 Å². The average molecular weight is 268 g/mol. The highest BCUT2D eigenvalue weighted by molar-refractivity contribution is 5.80. The molecule has 1 rings (SSSR count). The lowest BCUT2D eigenvalue weighted by atomic mass is 10.2. The zero-order chi connectivity index (χ0) is 14.3.